The summed E-state index contributed by atoms with van der Waals surface area (Å²) in [4.78, 5) is 0. The normalized spacial score (nSPS) is 13.8. The molecule has 2 aromatic rings. The minimum absolute atomic E-state index is 0.173. The molecule has 0 aliphatic heterocycles. The molecule has 5 nitrogen and oxygen atoms in total. The van der Waals surface area contributed by atoms with Crippen LogP contribution >= 0.6 is 15.9 Å². The van der Waals surface area contributed by atoms with E-state index in [1.165, 1.54) is 0 Å². The highest BCUT2D eigenvalue weighted by molar-refractivity contribution is 9.10. The van der Waals surface area contributed by atoms with Crippen molar-refractivity contribution in [1.29, 1.82) is 0 Å². The van der Waals surface area contributed by atoms with Gasteiger partial charge < -0.3 is 14.0 Å². The van der Waals surface area contributed by atoms with E-state index in [4.69, 9.17) is 8.85 Å². The Labute approximate surface area is 156 Å². The fourth-order valence-electron chi connectivity index (χ4n) is 2.53. The molecule has 24 heavy (non-hydrogen) atoms. The van der Waals surface area contributed by atoms with E-state index in [1.807, 2.05) is 30.0 Å². The van der Waals surface area contributed by atoms with Crippen LogP contribution in [-0.2, 0) is 15.4 Å². The number of phenolic OH excluding ortho intramolecular Hbond substituents is 1. The van der Waals surface area contributed by atoms with E-state index in [0.717, 1.165) is 10.9 Å². The van der Waals surface area contributed by atoms with Crippen molar-refractivity contribution in [3.05, 3.63) is 22.8 Å². The molecule has 0 fully saturated rings. The van der Waals surface area contributed by atoms with Gasteiger partial charge in [0, 0.05) is 17.3 Å². The van der Waals surface area contributed by atoms with Gasteiger partial charge in [0.1, 0.15) is 12.0 Å². The van der Waals surface area contributed by atoms with Gasteiger partial charge in [-0.2, -0.15) is 5.10 Å². The molecule has 1 heterocycles. The average molecular weight is 427 g/mol. The third-order valence-electron chi connectivity index (χ3n) is 4.50. The van der Waals surface area contributed by atoms with Crippen molar-refractivity contribution in [3.63, 3.8) is 0 Å². The third kappa shape index (κ3) is 3.93. The van der Waals surface area contributed by atoms with Crippen LogP contribution in [0.2, 0.25) is 13.1 Å². The van der Waals surface area contributed by atoms with Crippen LogP contribution < -0.4 is 0 Å². The number of aromatic hydroxyl groups is 1. The minimum Gasteiger partial charge on any atom is -0.507 e. The van der Waals surface area contributed by atoms with Gasteiger partial charge in [-0.05, 0) is 47.1 Å². The molecule has 0 saturated carbocycles. The molecule has 0 unspecified atom stereocenters. The molecule has 0 aliphatic rings. The summed E-state index contributed by atoms with van der Waals surface area (Å²) in [6, 6.07) is 3.55. The maximum absolute atomic E-state index is 9.96. The first-order valence-corrected chi connectivity index (χ1v) is 11.4. The molecule has 0 bridgehead atoms. The molecule has 2 rings (SSSR count). The van der Waals surface area contributed by atoms with E-state index in [1.54, 1.807) is 6.07 Å². The van der Waals surface area contributed by atoms with Gasteiger partial charge in [-0.25, -0.2) is 0 Å². The van der Waals surface area contributed by atoms with Crippen molar-refractivity contribution in [3.8, 4) is 5.75 Å². The summed E-state index contributed by atoms with van der Waals surface area (Å²) in [5.74, 6) is 0.479. The second-order valence-corrected chi connectivity index (χ2v) is 8.44. The number of fused-ring (bicyclic) bond motifs is 1. The van der Waals surface area contributed by atoms with Crippen molar-refractivity contribution in [2.75, 3.05) is 0 Å². The summed E-state index contributed by atoms with van der Waals surface area (Å²) < 4.78 is 14.3. The lowest BCUT2D eigenvalue weighted by Gasteiger charge is -2.39. The molecule has 1 aromatic heterocycles. The zero-order valence-electron chi connectivity index (χ0n) is 14.6. The van der Waals surface area contributed by atoms with Crippen molar-refractivity contribution in [2.24, 2.45) is 11.3 Å². The van der Waals surface area contributed by atoms with Crippen molar-refractivity contribution in [1.82, 2.24) is 9.78 Å². The Bertz CT molecular complexity index is 687. The van der Waals surface area contributed by atoms with Crippen LogP contribution in [0.15, 0.2) is 22.8 Å². The molecule has 0 aliphatic carbocycles. The van der Waals surface area contributed by atoms with E-state index < -0.39 is 0 Å². The van der Waals surface area contributed by atoms with Crippen LogP contribution in [0.3, 0.4) is 0 Å². The van der Waals surface area contributed by atoms with Gasteiger partial charge in [0.2, 0.25) is 19.5 Å². The second-order valence-electron chi connectivity index (χ2n) is 6.36. The summed E-state index contributed by atoms with van der Waals surface area (Å²) in [6.45, 7) is 11.2. The number of hydrogen-bond acceptors (Lipinski definition) is 4. The average Bonchev–Trinajstić information content (AvgIpc) is 2.94. The molecule has 4 radical (unpaired) electrons. The monoisotopic (exact) mass is 426 g/mol. The molecule has 0 saturated heterocycles. The highest BCUT2D eigenvalue weighted by Gasteiger charge is 2.36. The summed E-state index contributed by atoms with van der Waals surface area (Å²) in [7, 11) is 0.771. The minimum atomic E-state index is -0.238. The first-order valence-electron chi connectivity index (χ1n) is 7.80. The van der Waals surface area contributed by atoms with Crippen molar-refractivity contribution in [2.45, 2.75) is 46.7 Å². The van der Waals surface area contributed by atoms with Crippen LogP contribution in [0.1, 0.15) is 20.8 Å². The predicted octanol–water partition coefficient (Wildman–Crippen LogP) is 3.86. The van der Waals surface area contributed by atoms with Crippen molar-refractivity contribution >= 4 is 46.4 Å². The van der Waals surface area contributed by atoms with Gasteiger partial charge in [-0.1, -0.05) is 20.8 Å². The first-order chi connectivity index (χ1) is 11.3. The van der Waals surface area contributed by atoms with Crippen LogP contribution in [0.4, 0.5) is 0 Å². The molecule has 8 heteroatoms. The number of halogens is 1. The molecule has 1 aromatic carbocycles. The quantitative estimate of drug-likeness (QED) is 0.514. The zero-order chi connectivity index (χ0) is 17.9. The van der Waals surface area contributed by atoms with Gasteiger partial charge >= 0.3 is 0 Å². The van der Waals surface area contributed by atoms with E-state index in [0.29, 0.717) is 30.5 Å². The Kier molecular flexibility index (Phi) is 6.66. The first kappa shape index (κ1) is 19.6. The van der Waals surface area contributed by atoms with Crippen LogP contribution in [0.5, 0.6) is 5.75 Å². The molecule has 0 spiro atoms. The van der Waals surface area contributed by atoms with E-state index in [9.17, 15) is 5.11 Å². The molecular weight excluding hydrogens is 404 g/mol. The van der Waals surface area contributed by atoms with Crippen molar-refractivity contribution < 1.29 is 14.0 Å². The summed E-state index contributed by atoms with van der Waals surface area (Å²) >= 11 is 3.47. The Morgan fingerprint density at radius 3 is 2.50 bits per heavy atom. The number of aromatic nitrogens is 2. The van der Waals surface area contributed by atoms with Gasteiger partial charge in [0.25, 0.3) is 0 Å². The lowest BCUT2D eigenvalue weighted by Crippen LogP contribution is -2.42. The van der Waals surface area contributed by atoms with Crippen LogP contribution in [0.25, 0.3) is 10.9 Å². The maximum Gasteiger partial charge on any atom is 0.229 e. The lowest BCUT2D eigenvalue weighted by molar-refractivity contribution is -0.104. The van der Waals surface area contributed by atoms with Gasteiger partial charge in [0.05, 0.1) is 16.2 Å². The Morgan fingerprint density at radius 2 is 1.92 bits per heavy atom. The zero-order valence-corrected chi connectivity index (χ0v) is 18.2. The van der Waals surface area contributed by atoms with E-state index in [2.05, 4.69) is 41.8 Å². The maximum atomic E-state index is 9.96. The summed E-state index contributed by atoms with van der Waals surface area (Å²) in [5, 5.41) is 15.5. The highest BCUT2D eigenvalue weighted by atomic mass is 79.9. The van der Waals surface area contributed by atoms with E-state index in [-0.39, 0.29) is 23.4 Å². The van der Waals surface area contributed by atoms with E-state index >= 15 is 0 Å². The Balaban J connectivity index is 2.28. The van der Waals surface area contributed by atoms with Gasteiger partial charge in [-0.15, -0.1) is 0 Å². The number of rotatable bonds is 8. The fourth-order valence-corrected chi connectivity index (χ4v) is 4.33. The van der Waals surface area contributed by atoms with Gasteiger partial charge in [0.15, 0.2) is 0 Å². The Hall–Kier alpha value is -0.676. The van der Waals surface area contributed by atoms with Gasteiger partial charge in [-0.3, -0.25) is 4.68 Å². The smallest absolute Gasteiger partial charge is 0.229 e. The Morgan fingerprint density at radius 1 is 1.29 bits per heavy atom. The number of nitrogens with zero attached hydrogens (tertiary/aromatic N) is 2. The third-order valence-corrected chi connectivity index (χ3v) is 6.18. The number of phenols is 1. The molecule has 1 N–H and O–H groups in total. The van der Waals surface area contributed by atoms with Crippen LogP contribution in [-0.4, -0.2) is 40.7 Å². The molecule has 130 valence electrons. The molecular formula is C16H23BrN2O3Si2. The predicted molar refractivity (Wildman–Crippen MR) is 101 cm³/mol. The topological polar surface area (TPSA) is 56.5 Å². The standard InChI is InChI=1S/C16H23BrN2O3Si2/c1-10(16(2,3)15(21-23-4)22-24-5)9-19-14-11(8-18-19)6-7-12(20)13(14)17/h6-8,10,15,20H,9H2,1-5H3/t10-/m1/s1. The number of hydrogen-bond donors (Lipinski definition) is 1. The summed E-state index contributed by atoms with van der Waals surface area (Å²) in [5.41, 5.74) is 0.735. The lowest BCUT2D eigenvalue weighted by atomic mass is 9.79. The molecule has 0 amide bonds. The highest BCUT2D eigenvalue weighted by Crippen LogP contribution is 2.36. The second kappa shape index (κ2) is 8.14. The van der Waals surface area contributed by atoms with Crippen LogP contribution in [0, 0.1) is 11.3 Å². The largest absolute Gasteiger partial charge is 0.507 e. The SMILES string of the molecule is C[Si]OC(O[Si]C)C(C)(C)[C@H](C)Cn1ncc2ccc(O)c(Br)c21. The summed E-state index contributed by atoms with van der Waals surface area (Å²) in [6.07, 6.45) is 1.59. The number of benzene rings is 1. The fraction of sp³-hybridized carbons (Fsp3) is 0.562. The molecule has 1 atom stereocenters.